The summed E-state index contributed by atoms with van der Waals surface area (Å²) in [5.74, 6) is 3.68. The predicted molar refractivity (Wildman–Crippen MR) is 237 cm³/mol. The van der Waals surface area contributed by atoms with Gasteiger partial charge in [-0.2, -0.15) is 0 Å². The van der Waals surface area contributed by atoms with Crippen LogP contribution in [-0.2, 0) is 29.6 Å². The number of sulfonamides is 1. The molecule has 16 heteroatoms. The number of amides is 3. The van der Waals surface area contributed by atoms with E-state index in [2.05, 4.69) is 36.9 Å². The van der Waals surface area contributed by atoms with Crippen LogP contribution in [0.2, 0.25) is 0 Å². The van der Waals surface area contributed by atoms with Gasteiger partial charge < -0.3 is 45.0 Å². The number of rotatable bonds is 19. The molecule has 5 aromatic rings. The quantitative estimate of drug-likeness (QED) is 0.0411. The molecular formula is C45H52N6O9S. The average Bonchev–Trinajstić information content (AvgIpc) is 3.23. The maximum Gasteiger partial charge on any atom is 0.323 e. The van der Waals surface area contributed by atoms with Crippen molar-refractivity contribution in [1.29, 1.82) is 0 Å². The van der Waals surface area contributed by atoms with Crippen LogP contribution >= 0.6 is 0 Å². The van der Waals surface area contributed by atoms with Crippen molar-refractivity contribution in [2.75, 3.05) is 70.3 Å². The summed E-state index contributed by atoms with van der Waals surface area (Å²) in [4.78, 5) is 31.1. The van der Waals surface area contributed by atoms with Gasteiger partial charge in [-0.25, -0.2) is 22.9 Å². The highest BCUT2D eigenvalue weighted by molar-refractivity contribution is 7.89. The van der Waals surface area contributed by atoms with Gasteiger partial charge in [0.05, 0.1) is 51.5 Å². The first-order valence-electron chi connectivity index (χ1n) is 19.4. The van der Waals surface area contributed by atoms with Crippen LogP contribution < -0.4 is 35.5 Å². The number of urea groups is 1. The van der Waals surface area contributed by atoms with E-state index in [0.717, 1.165) is 0 Å². The third-order valence-corrected chi connectivity index (χ3v) is 10.6. The van der Waals surface area contributed by atoms with Gasteiger partial charge in [0.2, 0.25) is 10.0 Å². The van der Waals surface area contributed by atoms with Crippen molar-refractivity contribution < 1.29 is 41.7 Å². The largest absolute Gasteiger partial charge is 0.493 e. The van der Waals surface area contributed by atoms with Crippen LogP contribution in [-0.4, -0.2) is 85.7 Å². The number of carbonyl (C=O) groups excluding carboxylic acids is 2. The molecule has 4 aromatic carbocycles. The fourth-order valence-corrected chi connectivity index (χ4v) is 7.04. The van der Waals surface area contributed by atoms with Gasteiger partial charge in [-0.1, -0.05) is 51.0 Å². The zero-order chi connectivity index (χ0) is 44.2. The molecule has 61 heavy (non-hydrogen) atoms. The van der Waals surface area contributed by atoms with E-state index in [9.17, 15) is 18.0 Å². The van der Waals surface area contributed by atoms with Crippen LogP contribution in [0.4, 0.5) is 27.7 Å². The van der Waals surface area contributed by atoms with Crippen LogP contribution in [0.5, 0.6) is 17.2 Å². The number of hydrogen-bond donors (Lipinski definition) is 5. The number of hydrogen-bond acceptors (Lipinski definition) is 11. The van der Waals surface area contributed by atoms with E-state index in [4.69, 9.17) is 30.1 Å². The summed E-state index contributed by atoms with van der Waals surface area (Å²) in [7, 11) is 0.330. The Labute approximate surface area is 356 Å². The van der Waals surface area contributed by atoms with Gasteiger partial charge in [-0.15, -0.1) is 6.42 Å². The molecule has 0 radical (unpaired) electrons. The summed E-state index contributed by atoms with van der Waals surface area (Å²) >= 11 is 0. The molecule has 5 rings (SSSR count). The Kier molecular flexibility index (Phi) is 15.7. The minimum absolute atomic E-state index is 0.00434. The standard InChI is InChI=1S/C45H52N6O9S/c1-9-30-22-31(43(52)48-29(2)28-59-21-20-58-19-18-56-7)24-33(23-30)49-41-27-34(16-17-47-41)60-39-15-14-37(35-12-10-11-13-36(35)39)50-44(53)51-38-25-32(45(3,4)5)26-40(42(38)57-8)61(54,55)46-6/h1,10-17,22-27,29,46H,18-21,28H2,2-8H3,(H,47,49)(H,48,52)(H2,50,51,53)/t29-/m0/s1. The number of carbonyl (C=O) groups is 2. The number of methoxy groups -OCH3 is 2. The maximum absolute atomic E-state index is 13.5. The van der Waals surface area contributed by atoms with Crippen LogP contribution in [0.15, 0.2) is 90.0 Å². The molecule has 0 fully saturated rings. The van der Waals surface area contributed by atoms with E-state index in [1.165, 1.54) is 14.2 Å². The van der Waals surface area contributed by atoms with Crippen molar-refractivity contribution in [2.24, 2.45) is 0 Å². The lowest BCUT2D eigenvalue weighted by molar-refractivity contribution is 0.0205. The van der Waals surface area contributed by atoms with Crippen molar-refractivity contribution in [2.45, 2.75) is 44.0 Å². The molecule has 0 saturated heterocycles. The molecule has 0 bridgehead atoms. The van der Waals surface area contributed by atoms with E-state index < -0.39 is 21.5 Å². The zero-order valence-electron chi connectivity index (χ0n) is 35.3. The molecule has 0 saturated carbocycles. The molecule has 1 aromatic heterocycles. The van der Waals surface area contributed by atoms with Crippen LogP contribution in [0.3, 0.4) is 0 Å². The minimum Gasteiger partial charge on any atom is -0.493 e. The number of pyridine rings is 1. The normalized spacial score (nSPS) is 12.0. The molecule has 0 aliphatic carbocycles. The lowest BCUT2D eigenvalue weighted by atomic mass is 9.86. The first-order chi connectivity index (χ1) is 29.1. The number of nitrogens with zero attached hydrogens (tertiary/aromatic N) is 1. The van der Waals surface area contributed by atoms with Crippen molar-refractivity contribution in [3.63, 3.8) is 0 Å². The number of benzene rings is 4. The Balaban J connectivity index is 1.30. The topological polar surface area (TPSA) is 187 Å². The Morgan fingerprint density at radius 1 is 0.869 bits per heavy atom. The van der Waals surface area contributed by atoms with Gasteiger partial charge in [-0.3, -0.25) is 4.79 Å². The number of terminal acetylenes is 1. The van der Waals surface area contributed by atoms with Crippen LogP contribution in [0, 0.1) is 12.3 Å². The second-order valence-corrected chi connectivity index (χ2v) is 16.7. The molecule has 1 atom stereocenters. The lowest BCUT2D eigenvalue weighted by Crippen LogP contribution is -2.36. The van der Waals surface area contributed by atoms with Gasteiger partial charge in [0.15, 0.2) is 5.75 Å². The van der Waals surface area contributed by atoms with Crippen molar-refractivity contribution >= 4 is 55.6 Å². The van der Waals surface area contributed by atoms with Gasteiger partial charge >= 0.3 is 6.03 Å². The van der Waals surface area contributed by atoms with E-state index in [0.29, 0.717) is 89.2 Å². The van der Waals surface area contributed by atoms with Gasteiger partial charge in [-0.05, 0) is 73.5 Å². The average molecular weight is 853 g/mol. The van der Waals surface area contributed by atoms with Crippen molar-refractivity contribution in [1.82, 2.24) is 15.0 Å². The highest BCUT2D eigenvalue weighted by Gasteiger charge is 2.27. The number of nitrogens with one attached hydrogen (secondary N) is 5. The van der Waals surface area contributed by atoms with Crippen LogP contribution in [0.1, 0.15) is 49.2 Å². The number of fused-ring (bicyclic) bond motifs is 1. The molecular weight excluding hydrogens is 801 g/mol. The van der Waals surface area contributed by atoms with E-state index in [1.54, 1.807) is 67.9 Å². The second-order valence-electron chi connectivity index (χ2n) is 14.9. The van der Waals surface area contributed by atoms with Gasteiger partial charge in [0.1, 0.15) is 22.2 Å². The molecule has 0 unspecified atom stereocenters. The lowest BCUT2D eigenvalue weighted by Gasteiger charge is -2.23. The highest BCUT2D eigenvalue weighted by Crippen LogP contribution is 2.39. The SMILES string of the molecule is C#Cc1cc(Nc2cc(Oc3ccc(NC(=O)Nc4cc(C(C)(C)C)cc(S(=O)(=O)NC)c4OC)c4ccccc34)ccn2)cc(C(=O)N[C@@H](C)COCCOCCOC)c1. The molecule has 3 amide bonds. The first kappa shape index (κ1) is 45.9. The number of anilines is 4. The van der Waals surface area contributed by atoms with E-state index in [1.807, 2.05) is 52.0 Å². The molecule has 0 aliphatic rings. The highest BCUT2D eigenvalue weighted by atomic mass is 32.2. The summed E-state index contributed by atoms with van der Waals surface area (Å²) < 4.78 is 56.1. The summed E-state index contributed by atoms with van der Waals surface area (Å²) in [5.41, 5.74) is 2.30. The third-order valence-electron chi connectivity index (χ3n) is 9.21. The van der Waals surface area contributed by atoms with E-state index in [-0.39, 0.29) is 28.3 Å². The summed E-state index contributed by atoms with van der Waals surface area (Å²) in [5, 5.41) is 13.2. The van der Waals surface area contributed by atoms with Crippen molar-refractivity contribution in [3.8, 4) is 29.6 Å². The molecule has 322 valence electrons. The van der Waals surface area contributed by atoms with Gasteiger partial charge in [0.25, 0.3) is 5.91 Å². The predicted octanol–water partition coefficient (Wildman–Crippen LogP) is 7.41. The number of aromatic nitrogens is 1. The Hall–Kier alpha value is -6.22. The third kappa shape index (κ3) is 12.4. The Morgan fingerprint density at radius 3 is 2.30 bits per heavy atom. The molecule has 15 nitrogen and oxygen atoms in total. The summed E-state index contributed by atoms with van der Waals surface area (Å²) in [6.45, 7) is 9.77. The zero-order valence-corrected chi connectivity index (χ0v) is 36.1. The number of ether oxygens (including phenoxy) is 5. The Morgan fingerprint density at radius 2 is 1.59 bits per heavy atom. The van der Waals surface area contributed by atoms with Crippen molar-refractivity contribution in [3.05, 3.63) is 102 Å². The minimum atomic E-state index is -3.94. The monoisotopic (exact) mass is 852 g/mol. The second kappa shape index (κ2) is 20.8. The fourth-order valence-electron chi connectivity index (χ4n) is 6.10. The van der Waals surface area contributed by atoms with Gasteiger partial charge in [0, 0.05) is 53.0 Å². The fraction of sp³-hybridized carbons (Fsp3) is 0.311. The summed E-state index contributed by atoms with van der Waals surface area (Å²) in [6.07, 6.45) is 7.33. The molecule has 5 N–H and O–H groups in total. The molecule has 1 heterocycles. The Bertz CT molecular complexity index is 2500. The molecule has 0 spiro atoms. The smallest absolute Gasteiger partial charge is 0.323 e. The van der Waals surface area contributed by atoms with E-state index >= 15 is 0 Å². The molecule has 0 aliphatic heterocycles. The van der Waals surface area contributed by atoms with Crippen LogP contribution in [0.25, 0.3) is 10.8 Å². The first-order valence-corrected chi connectivity index (χ1v) is 20.9. The summed E-state index contributed by atoms with van der Waals surface area (Å²) in [6, 6.07) is 21.6. The maximum atomic E-state index is 13.5.